The largest absolute Gasteiger partial charge is 0.490 e. The van der Waals surface area contributed by atoms with Crippen molar-refractivity contribution in [3.63, 3.8) is 0 Å². The van der Waals surface area contributed by atoms with E-state index in [0.717, 1.165) is 55.5 Å². The van der Waals surface area contributed by atoms with E-state index in [-0.39, 0.29) is 24.8 Å². The van der Waals surface area contributed by atoms with Crippen molar-refractivity contribution in [1.82, 2.24) is 10.2 Å². The first kappa shape index (κ1) is 23.1. The normalized spacial score (nSPS) is 14.3. The molecule has 1 N–H and O–H groups in total. The zero-order valence-electron chi connectivity index (χ0n) is 14.8. The number of ether oxygens (including phenoxy) is 3. The summed E-state index contributed by atoms with van der Waals surface area (Å²) < 4.78 is 17.4. The summed E-state index contributed by atoms with van der Waals surface area (Å²) in [7, 11) is 0. The number of rotatable bonds is 8. The molecule has 1 heterocycles. The summed E-state index contributed by atoms with van der Waals surface area (Å²) in [6.07, 6.45) is 0. The van der Waals surface area contributed by atoms with Crippen molar-refractivity contribution in [1.29, 1.82) is 0 Å². The summed E-state index contributed by atoms with van der Waals surface area (Å²) in [4.78, 5) is 2.43. The maximum absolute atomic E-state index is 5.90. The second kappa shape index (κ2) is 12.5. The van der Waals surface area contributed by atoms with Gasteiger partial charge in [-0.3, -0.25) is 4.90 Å². The highest BCUT2D eigenvalue weighted by Gasteiger charge is 2.19. The molecule has 1 saturated heterocycles. The van der Waals surface area contributed by atoms with Crippen LogP contribution >= 0.6 is 24.8 Å². The summed E-state index contributed by atoms with van der Waals surface area (Å²) in [5, 5.41) is 3.38. The number of hydrogen-bond acceptors (Lipinski definition) is 5. The molecule has 0 saturated carbocycles. The average Bonchev–Trinajstić information content (AvgIpc) is 2.54. The Morgan fingerprint density at radius 3 is 2.04 bits per heavy atom. The number of piperazine rings is 1. The smallest absolute Gasteiger partial charge is 0.203 e. The van der Waals surface area contributed by atoms with Crippen molar-refractivity contribution in [2.75, 3.05) is 46.0 Å². The Labute approximate surface area is 157 Å². The van der Waals surface area contributed by atoms with Crippen LogP contribution in [0.4, 0.5) is 0 Å². The summed E-state index contributed by atoms with van der Waals surface area (Å²) in [5.74, 6) is 2.32. The molecule has 5 nitrogen and oxygen atoms in total. The average molecular weight is 381 g/mol. The third kappa shape index (κ3) is 6.20. The molecule has 1 aliphatic heterocycles. The molecule has 0 radical (unpaired) electrons. The minimum Gasteiger partial charge on any atom is -0.490 e. The van der Waals surface area contributed by atoms with E-state index in [0.29, 0.717) is 19.8 Å². The Bertz CT molecular complexity index is 469. The van der Waals surface area contributed by atoms with Gasteiger partial charge in [0.1, 0.15) is 0 Å². The van der Waals surface area contributed by atoms with Gasteiger partial charge in [-0.25, -0.2) is 0 Å². The van der Waals surface area contributed by atoms with Crippen molar-refractivity contribution >= 4 is 24.8 Å². The van der Waals surface area contributed by atoms with Gasteiger partial charge < -0.3 is 19.5 Å². The molecule has 7 heteroatoms. The van der Waals surface area contributed by atoms with Gasteiger partial charge >= 0.3 is 0 Å². The van der Waals surface area contributed by atoms with Crippen LogP contribution < -0.4 is 19.5 Å². The first-order chi connectivity index (χ1) is 10.8. The standard InChI is InChI=1S/C17H28N2O3.2ClH/c1-4-20-15-8-7-14(13-19-11-9-18-10-12-19)16(21-5-2)17(15)22-6-3;;/h7-8,18H,4-6,9-13H2,1-3H3;2*1H. The van der Waals surface area contributed by atoms with Gasteiger partial charge in [0.05, 0.1) is 19.8 Å². The van der Waals surface area contributed by atoms with Crippen LogP contribution in [-0.2, 0) is 6.54 Å². The first-order valence-corrected chi connectivity index (χ1v) is 8.27. The summed E-state index contributed by atoms with van der Waals surface area (Å²) in [6.45, 7) is 12.9. The molecular weight excluding hydrogens is 351 g/mol. The second-order valence-corrected chi connectivity index (χ2v) is 5.21. The maximum Gasteiger partial charge on any atom is 0.203 e. The van der Waals surface area contributed by atoms with Gasteiger partial charge in [0.25, 0.3) is 0 Å². The molecule has 140 valence electrons. The molecular formula is C17H30Cl2N2O3. The van der Waals surface area contributed by atoms with Crippen LogP contribution in [0.2, 0.25) is 0 Å². The molecule has 0 aromatic heterocycles. The molecule has 0 aliphatic carbocycles. The lowest BCUT2D eigenvalue weighted by Gasteiger charge is -2.28. The summed E-state index contributed by atoms with van der Waals surface area (Å²) in [5.41, 5.74) is 1.16. The molecule has 1 fully saturated rings. The van der Waals surface area contributed by atoms with Crippen molar-refractivity contribution in [3.8, 4) is 17.2 Å². The second-order valence-electron chi connectivity index (χ2n) is 5.21. The number of nitrogens with zero attached hydrogens (tertiary/aromatic N) is 1. The lowest BCUT2D eigenvalue weighted by molar-refractivity contribution is 0.223. The molecule has 0 bridgehead atoms. The van der Waals surface area contributed by atoms with E-state index in [4.69, 9.17) is 14.2 Å². The Kier molecular flexibility index (Phi) is 12.0. The van der Waals surface area contributed by atoms with E-state index >= 15 is 0 Å². The third-order valence-electron chi connectivity index (χ3n) is 3.64. The van der Waals surface area contributed by atoms with Crippen LogP contribution in [-0.4, -0.2) is 50.9 Å². The van der Waals surface area contributed by atoms with Crippen molar-refractivity contribution in [3.05, 3.63) is 17.7 Å². The number of halogens is 2. The zero-order valence-corrected chi connectivity index (χ0v) is 16.4. The predicted octanol–water partition coefficient (Wildman–Crippen LogP) is 3.13. The maximum atomic E-state index is 5.90. The van der Waals surface area contributed by atoms with Crippen LogP contribution in [0.3, 0.4) is 0 Å². The van der Waals surface area contributed by atoms with Gasteiger partial charge in [-0.2, -0.15) is 0 Å². The van der Waals surface area contributed by atoms with Gasteiger partial charge in [0.2, 0.25) is 5.75 Å². The minimum absolute atomic E-state index is 0. The minimum atomic E-state index is 0. The molecule has 1 aliphatic rings. The van der Waals surface area contributed by atoms with Gasteiger partial charge in [-0.1, -0.05) is 6.07 Å². The summed E-state index contributed by atoms with van der Waals surface area (Å²) in [6, 6.07) is 4.09. The number of hydrogen-bond donors (Lipinski definition) is 1. The molecule has 2 rings (SSSR count). The van der Waals surface area contributed by atoms with E-state index < -0.39 is 0 Å². The van der Waals surface area contributed by atoms with E-state index in [9.17, 15) is 0 Å². The Balaban J connectivity index is 0.00000264. The van der Waals surface area contributed by atoms with E-state index in [1.165, 1.54) is 0 Å². The van der Waals surface area contributed by atoms with E-state index in [1.807, 2.05) is 26.8 Å². The fraction of sp³-hybridized carbons (Fsp3) is 0.647. The fourth-order valence-electron chi connectivity index (χ4n) is 2.67. The number of nitrogens with one attached hydrogen (secondary N) is 1. The van der Waals surface area contributed by atoms with Crippen molar-refractivity contribution in [2.24, 2.45) is 0 Å². The van der Waals surface area contributed by atoms with Gasteiger partial charge in [0, 0.05) is 38.3 Å². The molecule has 1 aromatic rings. The van der Waals surface area contributed by atoms with Crippen molar-refractivity contribution in [2.45, 2.75) is 27.3 Å². The third-order valence-corrected chi connectivity index (χ3v) is 3.64. The van der Waals surface area contributed by atoms with Gasteiger partial charge in [-0.15, -0.1) is 24.8 Å². The lowest BCUT2D eigenvalue weighted by Crippen LogP contribution is -2.42. The van der Waals surface area contributed by atoms with Crippen LogP contribution in [0.15, 0.2) is 12.1 Å². The molecule has 0 atom stereocenters. The van der Waals surface area contributed by atoms with Gasteiger partial charge in [0.15, 0.2) is 11.5 Å². The molecule has 0 unspecified atom stereocenters. The summed E-state index contributed by atoms with van der Waals surface area (Å²) >= 11 is 0. The van der Waals surface area contributed by atoms with Crippen LogP contribution in [0.1, 0.15) is 26.3 Å². The zero-order chi connectivity index (χ0) is 15.8. The quantitative estimate of drug-likeness (QED) is 0.750. The van der Waals surface area contributed by atoms with Crippen LogP contribution in [0, 0.1) is 0 Å². The van der Waals surface area contributed by atoms with Gasteiger partial charge in [-0.05, 0) is 26.8 Å². The highest BCUT2D eigenvalue weighted by molar-refractivity contribution is 5.85. The molecule has 0 amide bonds. The topological polar surface area (TPSA) is 43.0 Å². The first-order valence-electron chi connectivity index (χ1n) is 8.27. The molecule has 24 heavy (non-hydrogen) atoms. The number of benzene rings is 1. The highest BCUT2D eigenvalue weighted by atomic mass is 35.5. The van der Waals surface area contributed by atoms with E-state index in [2.05, 4.69) is 16.3 Å². The Morgan fingerprint density at radius 1 is 0.875 bits per heavy atom. The lowest BCUT2D eigenvalue weighted by atomic mass is 10.1. The van der Waals surface area contributed by atoms with Crippen LogP contribution in [0.5, 0.6) is 17.2 Å². The molecule has 0 spiro atoms. The van der Waals surface area contributed by atoms with Crippen molar-refractivity contribution < 1.29 is 14.2 Å². The Morgan fingerprint density at radius 2 is 1.46 bits per heavy atom. The Hall–Kier alpha value is -0.880. The SMILES string of the molecule is CCOc1ccc(CN2CCNCC2)c(OCC)c1OCC.Cl.Cl. The van der Waals surface area contributed by atoms with Crippen LogP contribution in [0.25, 0.3) is 0 Å². The monoisotopic (exact) mass is 380 g/mol. The fourth-order valence-corrected chi connectivity index (χ4v) is 2.67. The molecule has 1 aromatic carbocycles. The van der Waals surface area contributed by atoms with E-state index in [1.54, 1.807) is 0 Å². The predicted molar refractivity (Wildman–Crippen MR) is 103 cm³/mol. The highest BCUT2D eigenvalue weighted by Crippen LogP contribution is 2.41.